The van der Waals surface area contributed by atoms with Gasteiger partial charge in [0.2, 0.25) is 0 Å². The molecule has 0 fully saturated rings. The summed E-state index contributed by atoms with van der Waals surface area (Å²) in [5.41, 5.74) is 0.720. The van der Waals surface area contributed by atoms with Crippen LogP contribution < -0.4 is 15.4 Å². The van der Waals surface area contributed by atoms with Gasteiger partial charge in [-0.25, -0.2) is 4.79 Å². The van der Waals surface area contributed by atoms with E-state index in [9.17, 15) is 4.79 Å². The van der Waals surface area contributed by atoms with Crippen LogP contribution in [0.2, 0.25) is 5.02 Å². The second-order valence-corrected chi connectivity index (χ2v) is 5.55. The van der Waals surface area contributed by atoms with Gasteiger partial charge in [0.05, 0.1) is 6.54 Å². The summed E-state index contributed by atoms with van der Waals surface area (Å²) < 4.78 is 6.38. The van der Waals surface area contributed by atoms with Crippen LogP contribution in [-0.2, 0) is 0 Å². The summed E-state index contributed by atoms with van der Waals surface area (Å²) in [7, 11) is 0. The van der Waals surface area contributed by atoms with Gasteiger partial charge in [0.25, 0.3) is 0 Å². The lowest BCUT2D eigenvalue weighted by atomic mass is 10.3. The third kappa shape index (κ3) is 5.65. The third-order valence-corrected chi connectivity index (χ3v) is 3.26. The first-order chi connectivity index (χ1) is 10.1. The monoisotopic (exact) mass is 368 g/mol. The lowest BCUT2D eigenvalue weighted by Gasteiger charge is -2.09. The highest BCUT2D eigenvalue weighted by atomic mass is 79.9. The molecular formula is C15H14BrClN2O2. The molecule has 0 aliphatic carbocycles. The van der Waals surface area contributed by atoms with Crippen LogP contribution in [0, 0.1) is 0 Å². The fraction of sp³-hybridized carbons (Fsp3) is 0.133. The molecule has 6 heteroatoms. The predicted octanol–water partition coefficient (Wildman–Crippen LogP) is 4.30. The number of nitrogens with one attached hydrogen (secondary N) is 2. The molecule has 0 unspecified atom stereocenters. The smallest absolute Gasteiger partial charge is 0.319 e. The van der Waals surface area contributed by atoms with Crippen molar-refractivity contribution in [1.82, 2.24) is 5.32 Å². The van der Waals surface area contributed by atoms with Crippen LogP contribution in [0.3, 0.4) is 0 Å². The zero-order chi connectivity index (χ0) is 15.1. The van der Waals surface area contributed by atoms with Gasteiger partial charge in [-0.05, 0) is 36.4 Å². The number of carbonyl (C=O) groups is 1. The van der Waals surface area contributed by atoms with Gasteiger partial charge >= 0.3 is 6.03 Å². The van der Waals surface area contributed by atoms with Crippen LogP contribution in [0.5, 0.6) is 5.75 Å². The summed E-state index contributed by atoms with van der Waals surface area (Å²) in [6.07, 6.45) is 0. The molecule has 110 valence electrons. The minimum absolute atomic E-state index is 0.275. The molecule has 0 aliphatic rings. The van der Waals surface area contributed by atoms with Gasteiger partial charge in [-0.3, -0.25) is 0 Å². The summed E-state index contributed by atoms with van der Waals surface area (Å²) in [6, 6.07) is 14.2. The van der Waals surface area contributed by atoms with E-state index >= 15 is 0 Å². The van der Waals surface area contributed by atoms with Crippen molar-refractivity contribution >= 4 is 39.2 Å². The first kappa shape index (κ1) is 15.7. The lowest BCUT2D eigenvalue weighted by molar-refractivity contribution is 0.247. The van der Waals surface area contributed by atoms with Crippen LogP contribution in [0.25, 0.3) is 0 Å². The van der Waals surface area contributed by atoms with Crippen molar-refractivity contribution in [2.75, 3.05) is 18.5 Å². The van der Waals surface area contributed by atoms with E-state index in [4.69, 9.17) is 16.3 Å². The van der Waals surface area contributed by atoms with E-state index in [2.05, 4.69) is 26.6 Å². The summed E-state index contributed by atoms with van der Waals surface area (Å²) in [5.74, 6) is 0.677. The second-order valence-electron chi connectivity index (χ2n) is 4.20. The summed E-state index contributed by atoms with van der Waals surface area (Å²) in [4.78, 5) is 11.7. The van der Waals surface area contributed by atoms with Gasteiger partial charge in [-0.2, -0.15) is 0 Å². The van der Waals surface area contributed by atoms with Crippen LogP contribution in [0.15, 0.2) is 53.0 Å². The molecular weight excluding hydrogens is 356 g/mol. The first-order valence-electron chi connectivity index (χ1n) is 6.32. The minimum atomic E-state index is -0.275. The van der Waals surface area contributed by atoms with E-state index in [1.807, 2.05) is 36.4 Å². The number of ether oxygens (including phenoxy) is 1. The van der Waals surface area contributed by atoms with Gasteiger partial charge in [-0.1, -0.05) is 39.7 Å². The molecule has 2 amide bonds. The van der Waals surface area contributed by atoms with E-state index in [-0.39, 0.29) is 6.03 Å². The van der Waals surface area contributed by atoms with E-state index in [0.29, 0.717) is 23.9 Å². The van der Waals surface area contributed by atoms with Gasteiger partial charge < -0.3 is 15.4 Å². The Bertz CT molecular complexity index is 622. The molecule has 0 aromatic heterocycles. The van der Waals surface area contributed by atoms with Crippen molar-refractivity contribution in [3.05, 3.63) is 58.0 Å². The number of anilines is 1. The van der Waals surface area contributed by atoms with Gasteiger partial charge in [0, 0.05) is 15.2 Å². The summed E-state index contributed by atoms with van der Waals surface area (Å²) in [6.45, 7) is 0.762. The maximum Gasteiger partial charge on any atom is 0.319 e. The zero-order valence-corrected chi connectivity index (χ0v) is 13.4. The molecule has 0 heterocycles. The molecule has 2 N–H and O–H groups in total. The van der Waals surface area contributed by atoms with Crippen LogP contribution in [-0.4, -0.2) is 19.2 Å². The van der Waals surface area contributed by atoms with Crippen molar-refractivity contribution in [3.8, 4) is 5.75 Å². The highest BCUT2D eigenvalue weighted by molar-refractivity contribution is 9.10. The van der Waals surface area contributed by atoms with Gasteiger partial charge in [0.1, 0.15) is 12.4 Å². The topological polar surface area (TPSA) is 50.4 Å². The van der Waals surface area contributed by atoms with Crippen molar-refractivity contribution in [2.45, 2.75) is 0 Å². The molecule has 0 atom stereocenters. The summed E-state index contributed by atoms with van der Waals surface area (Å²) in [5, 5.41) is 6.06. The maximum absolute atomic E-state index is 11.7. The number of hydrogen-bond donors (Lipinski definition) is 2. The molecule has 2 aromatic carbocycles. The van der Waals surface area contributed by atoms with Crippen molar-refractivity contribution in [3.63, 3.8) is 0 Å². The fourth-order valence-corrected chi connectivity index (χ4v) is 2.21. The number of rotatable bonds is 5. The normalized spacial score (nSPS) is 10.0. The van der Waals surface area contributed by atoms with E-state index in [1.165, 1.54) is 0 Å². The average molecular weight is 370 g/mol. The molecule has 21 heavy (non-hydrogen) atoms. The lowest BCUT2D eigenvalue weighted by Crippen LogP contribution is -2.32. The number of amides is 2. The van der Waals surface area contributed by atoms with Gasteiger partial charge in [0.15, 0.2) is 0 Å². The van der Waals surface area contributed by atoms with E-state index in [0.717, 1.165) is 10.2 Å². The molecule has 0 spiro atoms. The van der Waals surface area contributed by atoms with Crippen LogP contribution in [0.1, 0.15) is 0 Å². The molecule has 0 radical (unpaired) electrons. The predicted molar refractivity (Wildman–Crippen MR) is 88.1 cm³/mol. The highest BCUT2D eigenvalue weighted by Crippen LogP contribution is 2.17. The quantitative estimate of drug-likeness (QED) is 0.772. The second kappa shape index (κ2) is 7.90. The molecule has 0 bridgehead atoms. The summed E-state index contributed by atoms with van der Waals surface area (Å²) >= 11 is 9.19. The standard InChI is InChI=1S/C15H14BrClN2O2/c16-11-3-1-5-13(9-11)19-15(20)18-7-8-21-14-6-2-4-12(17)10-14/h1-6,9-10H,7-8H2,(H2,18,19,20). The Morgan fingerprint density at radius 2 is 2.00 bits per heavy atom. The Hall–Kier alpha value is -1.72. The van der Waals surface area contributed by atoms with Gasteiger partial charge in [-0.15, -0.1) is 0 Å². The van der Waals surface area contributed by atoms with Crippen molar-refractivity contribution in [2.24, 2.45) is 0 Å². The van der Waals surface area contributed by atoms with Crippen LogP contribution in [0.4, 0.5) is 10.5 Å². The Morgan fingerprint density at radius 1 is 1.19 bits per heavy atom. The molecule has 4 nitrogen and oxygen atoms in total. The van der Waals surface area contributed by atoms with Crippen LogP contribution >= 0.6 is 27.5 Å². The number of benzene rings is 2. The van der Waals surface area contributed by atoms with Crippen molar-refractivity contribution < 1.29 is 9.53 Å². The third-order valence-electron chi connectivity index (χ3n) is 2.53. The largest absolute Gasteiger partial charge is 0.492 e. The molecule has 2 aromatic rings. The van der Waals surface area contributed by atoms with E-state index in [1.54, 1.807) is 12.1 Å². The maximum atomic E-state index is 11.7. The Kier molecular flexibility index (Phi) is 5.90. The molecule has 0 aliphatic heterocycles. The SMILES string of the molecule is O=C(NCCOc1cccc(Cl)c1)Nc1cccc(Br)c1. The Labute approximate surface area is 136 Å². The Morgan fingerprint density at radius 3 is 2.76 bits per heavy atom. The molecule has 2 rings (SSSR count). The highest BCUT2D eigenvalue weighted by Gasteiger charge is 2.01. The molecule has 0 saturated heterocycles. The Balaban J connectivity index is 1.70. The minimum Gasteiger partial charge on any atom is -0.492 e. The fourth-order valence-electron chi connectivity index (χ4n) is 1.63. The average Bonchev–Trinajstić information content (AvgIpc) is 2.44. The van der Waals surface area contributed by atoms with E-state index < -0.39 is 0 Å². The molecule has 0 saturated carbocycles. The number of halogens is 2. The number of carbonyl (C=O) groups excluding carboxylic acids is 1. The van der Waals surface area contributed by atoms with Crippen molar-refractivity contribution in [1.29, 1.82) is 0 Å². The number of hydrogen-bond acceptors (Lipinski definition) is 2. The first-order valence-corrected chi connectivity index (χ1v) is 7.49. The zero-order valence-electron chi connectivity index (χ0n) is 11.1. The number of urea groups is 1.